The van der Waals surface area contributed by atoms with Crippen molar-refractivity contribution in [1.82, 2.24) is 9.80 Å². The molecule has 1 heterocycles. The first-order valence-electron chi connectivity index (χ1n) is 10.3. The van der Waals surface area contributed by atoms with E-state index >= 15 is 0 Å². The van der Waals surface area contributed by atoms with Gasteiger partial charge >= 0.3 is 0 Å². The van der Waals surface area contributed by atoms with Gasteiger partial charge in [0.05, 0.1) is 18.2 Å². The van der Waals surface area contributed by atoms with Crippen molar-refractivity contribution in [2.45, 2.75) is 19.8 Å². The largest absolute Gasteiger partial charge is 0.494 e. The zero-order valence-electron chi connectivity index (χ0n) is 17.2. The standard InChI is InChI=1S/C23H27ClN2O4/c1-2-29-19-11-9-18(10-12-19)23(28)26-15-13-25(14-16-26)22(27)8-5-17-30-21-7-4-3-6-20(21)24/h3-4,6-7,9-12H,2,5,8,13-17H2,1H3. The molecule has 1 aliphatic heterocycles. The average Bonchev–Trinajstić information content (AvgIpc) is 2.78. The van der Waals surface area contributed by atoms with Crippen LogP contribution in [0.1, 0.15) is 30.1 Å². The number of rotatable bonds is 8. The summed E-state index contributed by atoms with van der Waals surface area (Å²) in [6, 6.07) is 14.5. The summed E-state index contributed by atoms with van der Waals surface area (Å²) in [5.74, 6) is 1.46. The number of amides is 2. The molecule has 3 rings (SSSR count). The predicted molar refractivity (Wildman–Crippen MR) is 116 cm³/mol. The van der Waals surface area contributed by atoms with Gasteiger partial charge in [0.15, 0.2) is 0 Å². The van der Waals surface area contributed by atoms with Crippen molar-refractivity contribution in [3.63, 3.8) is 0 Å². The summed E-state index contributed by atoms with van der Waals surface area (Å²) in [5.41, 5.74) is 0.634. The molecule has 1 fully saturated rings. The van der Waals surface area contributed by atoms with Crippen molar-refractivity contribution in [3.05, 3.63) is 59.1 Å². The van der Waals surface area contributed by atoms with Gasteiger partial charge in [-0.05, 0) is 49.7 Å². The molecule has 0 spiro atoms. The number of hydrogen-bond acceptors (Lipinski definition) is 4. The highest BCUT2D eigenvalue weighted by molar-refractivity contribution is 6.32. The Balaban J connectivity index is 1.39. The van der Waals surface area contributed by atoms with Crippen LogP contribution in [0.15, 0.2) is 48.5 Å². The summed E-state index contributed by atoms with van der Waals surface area (Å²) in [6.45, 7) is 5.12. The first kappa shape index (κ1) is 22.0. The number of halogens is 1. The van der Waals surface area contributed by atoms with Crippen molar-refractivity contribution >= 4 is 23.4 Å². The van der Waals surface area contributed by atoms with Gasteiger partial charge in [0.25, 0.3) is 5.91 Å². The van der Waals surface area contributed by atoms with Crippen LogP contribution < -0.4 is 9.47 Å². The quantitative estimate of drug-likeness (QED) is 0.596. The van der Waals surface area contributed by atoms with Gasteiger partial charge in [-0.1, -0.05) is 23.7 Å². The van der Waals surface area contributed by atoms with E-state index in [1.807, 2.05) is 30.0 Å². The predicted octanol–water partition coefficient (Wildman–Crippen LogP) is 3.88. The highest BCUT2D eigenvalue weighted by Gasteiger charge is 2.24. The SMILES string of the molecule is CCOc1ccc(C(=O)N2CCN(C(=O)CCCOc3ccccc3Cl)CC2)cc1. The first-order valence-corrected chi connectivity index (χ1v) is 10.6. The van der Waals surface area contributed by atoms with Crippen LogP contribution in [0.4, 0.5) is 0 Å². The highest BCUT2D eigenvalue weighted by atomic mass is 35.5. The third kappa shape index (κ3) is 5.89. The van der Waals surface area contributed by atoms with Crippen LogP contribution in [-0.4, -0.2) is 61.0 Å². The van der Waals surface area contributed by atoms with Crippen molar-refractivity contribution < 1.29 is 19.1 Å². The van der Waals surface area contributed by atoms with E-state index in [0.717, 1.165) is 5.75 Å². The Bertz CT molecular complexity index is 849. The molecule has 0 N–H and O–H groups in total. The summed E-state index contributed by atoms with van der Waals surface area (Å²) in [4.78, 5) is 28.7. The fraction of sp³-hybridized carbons (Fsp3) is 0.391. The number of piperazine rings is 1. The Labute approximate surface area is 182 Å². The molecule has 0 bridgehead atoms. The van der Waals surface area contributed by atoms with Crippen LogP contribution >= 0.6 is 11.6 Å². The first-order chi connectivity index (χ1) is 14.6. The minimum Gasteiger partial charge on any atom is -0.494 e. The summed E-state index contributed by atoms with van der Waals surface area (Å²) >= 11 is 6.05. The molecule has 0 atom stereocenters. The minimum absolute atomic E-state index is 0.0155. The Morgan fingerprint density at radius 2 is 1.60 bits per heavy atom. The number of benzene rings is 2. The number of ether oxygens (including phenoxy) is 2. The molecule has 0 radical (unpaired) electrons. The highest BCUT2D eigenvalue weighted by Crippen LogP contribution is 2.23. The van der Waals surface area contributed by atoms with E-state index in [-0.39, 0.29) is 11.8 Å². The third-order valence-electron chi connectivity index (χ3n) is 4.96. The number of nitrogens with zero attached hydrogens (tertiary/aromatic N) is 2. The lowest BCUT2D eigenvalue weighted by Crippen LogP contribution is -2.50. The van der Waals surface area contributed by atoms with E-state index in [0.29, 0.717) is 68.6 Å². The Hall–Kier alpha value is -2.73. The van der Waals surface area contributed by atoms with Gasteiger partial charge in [-0.25, -0.2) is 0 Å². The van der Waals surface area contributed by atoms with Crippen LogP contribution in [-0.2, 0) is 4.79 Å². The van der Waals surface area contributed by atoms with E-state index in [1.54, 1.807) is 35.2 Å². The van der Waals surface area contributed by atoms with Crippen LogP contribution in [0.5, 0.6) is 11.5 Å². The zero-order chi connectivity index (χ0) is 21.3. The molecule has 1 aliphatic rings. The molecule has 160 valence electrons. The Morgan fingerprint density at radius 3 is 2.27 bits per heavy atom. The van der Waals surface area contributed by atoms with E-state index in [1.165, 1.54) is 0 Å². The fourth-order valence-electron chi connectivity index (χ4n) is 3.33. The Kier molecular flexibility index (Phi) is 7.97. The molecule has 30 heavy (non-hydrogen) atoms. The van der Waals surface area contributed by atoms with Gasteiger partial charge < -0.3 is 19.3 Å². The van der Waals surface area contributed by atoms with Gasteiger partial charge in [0, 0.05) is 38.2 Å². The molecule has 2 amide bonds. The van der Waals surface area contributed by atoms with E-state index in [2.05, 4.69) is 0 Å². The van der Waals surface area contributed by atoms with Gasteiger partial charge in [0.1, 0.15) is 11.5 Å². The normalized spacial score (nSPS) is 13.8. The molecule has 0 aromatic heterocycles. The van der Waals surface area contributed by atoms with E-state index in [9.17, 15) is 9.59 Å². The van der Waals surface area contributed by atoms with Crippen molar-refractivity contribution in [1.29, 1.82) is 0 Å². The van der Waals surface area contributed by atoms with Crippen molar-refractivity contribution in [2.24, 2.45) is 0 Å². The number of para-hydroxylation sites is 1. The second-order valence-corrected chi connectivity index (χ2v) is 7.42. The molecular formula is C23H27ClN2O4. The molecule has 0 saturated carbocycles. The van der Waals surface area contributed by atoms with Crippen molar-refractivity contribution in [3.8, 4) is 11.5 Å². The molecule has 0 aliphatic carbocycles. The lowest BCUT2D eigenvalue weighted by atomic mass is 10.1. The lowest BCUT2D eigenvalue weighted by molar-refractivity contribution is -0.132. The third-order valence-corrected chi connectivity index (χ3v) is 5.27. The van der Waals surface area contributed by atoms with Crippen LogP contribution in [0.25, 0.3) is 0 Å². The van der Waals surface area contributed by atoms with Crippen molar-refractivity contribution in [2.75, 3.05) is 39.4 Å². The summed E-state index contributed by atoms with van der Waals surface area (Å²) in [5, 5.41) is 0.567. The second-order valence-electron chi connectivity index (χ2n) is 7.01. The molecule has 2 aromatic carbocycles. The molecule has 7 heteroatoms. The van der Waals surface area contributed by atoms with E-state index in [4.69, 9.17) is 21.1 Å². The average molecular weight is 431 g/mol. The van der Waals surface area contributed by atoms with Crippen LogP contribution in [0, 0.1) is 0 Å². The number of carbonyl (C=O) groups is 2. The second kappa shape index (κ2) is 10.9. The molecular weight excluding hydrogens is 404 g/mol. The van der Waals surface area contributed by atoms with Gasteiger partial charge in [0.2, 0.25) is 5.91 Å². The van der Waals surface area contributed by atoms with Gasteiger partial charge in [-0.3, -0.25) is 9.59 Å². The summed E-state index contributed by atoms with van der Waals surface area (Å²) in [7, 11) is 0. The monoisotopic (exact) mass is 430 g/mol. The maximum Gasteiger partial charge on any atom is 0.253 e. The van der Waals surface area contributed by atoms with Crippen LogP contribution in [0.2, 0.25) is 5.02 Å². The zero-order valence-corrected chi connectivity index (χ0v) is 17.9. The molecule has 0 unspecified atom stereocenters. The maximum absolute atomic E-state index is 12.7. The lowest BCUT2D eigenvalue weighted by Gasteiger charge is -2.35. The summed E-state index contributed by atoms with van der Waals surface area (Å²) < 4.78 is 11.0. The van der Waals surface area contributed by atoms with Gasteiger partial charge in [-0.15, -0.1) is 0 Å². The number of carbonyl (C=O) groups excluding carboxylic acids is 2. The smallest absolute Gasteiger partial charge is 0.253 e. The molecule has 1 saturated heterocycles. The summed E-state index contributed by atoms with van der Waals surface area (Å²) in [6.07, 6.45) is 1.03. The van der Waals surface area contributed by atoms with Crippen LogP contribution in [0.3, 0.4) is 0 Å². The molecule has 2 aromatic rings. The fourth-order valence-corrected chi connectivity index (χ4v) is 3.52. The topological polar surface area (TPSA) is 59.1 Å². The minimum atomic E-state index is -0.0155. The molecule has 6 nitrogen and oxygen atoms in total. The maximum atomic E-state index is 12.7. The van der Waals surface area contributed by atoms with Gasteiger partial charge in [-0.2, -0.15) is 0 Å². The van der Waals surface area contributed by atoms with E-state index < -0.39 is 0 Å². The Morgan fingerprint density at radius 1 is 0.933 bits per heavy atom. The number of hydrogen-bond donors (Lipinski definition) is 0.